The summed E-state index contributed by atoms with van der Waals surface area (Å²) < 4.78 is 16.4. The number of hydrogen-bond donors (Lipinski definition) is 0. The van der Waals surface area contributed by atoms with Crippen molar-refractivity contribution in [2.75, 3.05) is 14.2 Å². The Bertz CT molecular complexity index is 997. The van der Waals surface area contributed by atoms with Crippen LogP contribution in [0.5, 0.6) is 11.5 Å². The zero-order valence-corrected chi connectivity index (χ0v) is 15.8. The van der Waals surface area contributed by atoms with Gasteiger partial charge in [0.25, 0.3) is 5.91 Å². The molecule has 7 heteroatoms. The highest BCUT2D eigenvalue weighted by Crippen LogP contribution is 2.33. The first-order valence-electron chi connectivity index (χ1n) is 8.67. The third-order valence-electron chi connectivity index (χ3n) is 4.59. The van der Waals surface area contributed by atoms with E-state index in [2.05, 4.69) is 4.98 Å². The number of ether oxygens (including phenoxy) is 2. The lowest BCUT2D eigenvalue weighted by Crippen LogP contribution is -2.33. The smallest absolute Gasteiger partial charge is 0.258 e. The number of rotatable bonds is 6. The van der Waals surface area contributed by atoms with E-state index in [1.54, 1.807) is 48.4 Å². The first-order valence-corrected chi connectivity index (χ1v) is 9.05. The first kappa shape index (κ1) is 17.7. The number of amides is 1. The van der Waals surface area contributed by atoms with Gasteiger partial charge in [-0.1, -0.05) is 11.6 Å². The van der Waals surface area contributed by atoms with E-state index < -0.39 is 0 Å². The van der Waals surface area contributed by atoms with E-state index in [0.29, 0.717) is 45.6 Å². The summed E-state index contributed by atoms with van der Waals surface area (Å²) in [5.74, 6) is 1.49. The predicted octanol–water partition coefficient (Wildman–Crippen LogP) is 4.30. The van der Waals surface area contributed by atoms with Crippen LogP contribution in [-0.4, -0.2) is 36.1 Å². The zero-order chi connectivity index (χ0) is 19.0. The number of halogens is 1. The third-order valence-corrected chi connectivity index (χ3v) is 4.82. The molecule has 0 saturated heterocycles. The molecule has 1 fully saturated rings. The number of carbonyl (C=O) groups is 1. The highest BCUT2D eigenvalue weighted by molar-refractivity contribution is 6.31. The van der Waals surface area contributed by atoms with E-state index in [9.17, 15) is 4.79 Å². The molecule has 1 saturated carbocycles. The van der Waals surface area contributed by atoms with Crippen molar-refractivity contribution in [2.24, 2.45) is 0 Å². The second-order valence-corrected chi connectivity index (χ2v) is 6.89. The highest BCUT2D eigenvalue weighted by Gasteiger charge is 2.35. The van der Waals surface area contributed by atoms with Gasteiger partial charge in [-0.25, -0.2) is 4.98 Å². The van der Waals surface area contributed by atoms with Crippen LogP contribution in [0.1, 0.15) is 29.1 Å². The lowest BCUT2D eigenvalue weighted by atomic mass is 10.1. The predicted molar refractivity (Wildman–Crippen MR) is 101 cm³/mol. The molecule has 6 nitrogen and oxygen atoms in total. The number of carbonyl (C=O) groups excluding carboxylic acids is 1. The van der Waals surface area contributed by atoms with Crippen LogP contribution in [0.15, 0.2) is 40.8 Å². The maximum atomic E-state index is 13.2. The minimum absolute atomic E-state index is 0.114. The molecule has 3 aromatic rings. The molecule has 1 heterocycles. The fourth-order valence-corrected chi connectivity index (χ4v) is 3.21. The quantitative estimate of drug-likeness (QED) is 0.631. The van der Waals surface area contributed by atoms with E-state index in [1.807, 2.05) is 0 Å². The Morgan fingerprint density at radius 3 is 2.74 bits per heavy atom. The Morgan fingerprint density at radius 1 is 1.22 bits per heavy atom. The van der Waals surface area contributed by atoms with Gasteiger partial charge in [0.1, 0.15) is 17.0 Å². The minimum Gasteiger partial charge on any atom is -0.497 e. The normalized spacial score (nSPS) is 13.6. The van der Waals surface area contributed by atoms with Crippen LogP contribution in [0.3, 0.4) is 0 Å². The molecule has 0 aliphatic heterocycles. The molecule has 0 radical (unpaired) electrons. The number of oxazole rings is 1. The van der Waals surface area contributed by atoms with Crippen LogP contribution in [-0.2, 0) is 6.54 Å². The summed E-state index contributed by atoms with van der Waals surface area (Å²) >= 11 is 6.01. The number of nitrogens with zero attached hydrogens (tertiary/aromatic N) is 2. The summed E-state index contributed by atoms with van der Waals surface area (Å²) in [4.78, 5) is 19.5. The summed E-state index contributed by atoms with van der Waals surface area (Å²) in [5.41, 5.74) is 1.83. The minimum atomic E-state index is -0.114. The van der Waals surface area contributed by atoms with Gasteiger partial charge < -0.3 is 18.8 Å². The van der Waals surface area contributed by atoms with Gasteiger partial charge in [-0.3, -0.25) is 4.79 Å². The maximum absolute atomic E-state index is 13.2. The Balaban J connectivity index is 1.63. The molecular formula is C20H19ClN2O4. The second-order valence-electron chi connectivity index (χ2n) is 6.45. The van der Waals surface area contributed by atoms with Gasteiger partial charge in [0.15, 0.2) is 5.58 Å². The van der Waals surface area contributed by atoms with Gasteiger partial charge >= 0.3 is 0 Å². The van der Waals surface area contributed by atoms with Crippen molar-refractivity contribution >= 4 is 28.6 Å². The Morgan fingerprint density at radius 2 is 2.04 bits per heavy atom. The summed E-state index contributed by atoms with van der Waals surface area (Å²) in [6.07, 6.45) is 1.94. The fraction of sp³-hybridized carbons (Fsp3) is 0.300. The van der Waals surface area contributed by atoms with Gasteiger partial charge in [-0.2, -0.15) is 0 Å². The largest absolute Gasteiger partial charge is 0.497 e. The molecule has 1 amide bonds. The summed E-state index contributed by atoms with van der Waals surface area (Å²) in [6, 6.07) is 10.7. The second kappa shape index (κ2) is 7.12. The summed E-state index contributed by atoms with van der Waals surface area (Å²) in [5, 5.41) is 0.598. The van der Waals surface area contributed by atoms with Crippen LogP contribution in [0.25, 0.3) is 11.1 Å². The van der Waals surface area contributed by atoms with E-state index in [4.69, 9.17) is 25.5 Å². The van der Waals surface area contributed by atoms with Crippen LogP contribution in [0.2, 0.25) is 5.02 Å². The highest BCUT2D eigenvalue weighted by atomic mass is 35.5. The number of methoxy groups -OCH3 is 2. The Kier molecular flexibility index (Phi) is 4.66. The zero-order valence-electron chi connectivity index (χ0n) is 15.1. The molecule has 1 aliphatic carbocycles. The lowest BCUT2D eigenvalue weighted by Gasteiger charge is -2.22. The number of fused-ring (bicyclic) bond motifs is 1. The molecular weight excluding hydrogens is 368 g/mol. The van der Waals surface area contributed by atoms with Crippen molar-refractivity contribution in [3.8, 4) is 11.5 Å². The van der Waals surface area contributed by atoms with Crippen molar-refractivity contribution in [2.45, 2.75) is 25.4 Å². The van der Waals surface area contributed by atoms with Gasteiger partial charge in [-0.05, 0) is 43.2 Å². The molecule has 4 rings (SSSR count). The number of benzene rings is 2. The van der Waals surface area contributed by atoms with E-state index >= 15 is 0 Å². The Labute approximate surface area is 161 Å². The molecule has 140 valence electrons. The third kappa shape index (κ3) is 3.57. The van der Waals surface area contributed by atoms with Crippen LogP contribution >= 0.6 is 11.6 Å². The van der Waals surface area contributed by atoms with Crippen molar-refractivity contribution in [1.82, 2.24) is 9.88 Å². The topological polar surface area (TPSA) is 64.8 Å². The monoisotopic (exact) mass is 386 g/mol. The van der Waals surface area contributed by atoms with Crippen LogP contribution < -0.4 is 9.47 Å². The average Bonchev–Trinajstić information content (AvgIpc) is 3.44. The van der Waals surface area contributed by atoms with Crippen molar-refractivity contribution in [1.29, 1.82) is 0 Å². The fourth-order valence-electron chi connectivity index (χ4n) is 3.04. The van der Waals surface area contributed by atoms with Gasteiger partial charge in [0.2, 0.25) is 5.89 Å². The molecule has 1 aliphatic rings. The molecule has 2 aromatic carbocycles. The van der Waals surface area contributed by atoms with E-state index in [1.165, 1.54) is 7.11 Å². The van der Waals surface area contributed by atoms with Gasteiger partial charge in [0, 0.05) is 17.1 Å². The molecule has 0 unspecified atom stereocenters. The number of hydrogen-bond acceptors (Lipinski definition) is 5. The van der Waals surface area contributed by atoms with Crippen LogP contribution in [0.4, 0.5) is 0 Å². The summed E-state index contributed by atoms with van der Waals surface area (Å²) in [7, 11) is 3.11. The van der Waals surface area contributed by atoms with Crippen molar-refractivity contribution in [3.63, 3.8) is 0 Å². The van der Waals surface area contributed by atoms with E-state index in [-0.39, 0.29) is 11.9 Å². The molecule has 0 N–H and O–H groups in total. The van der Waals surface area contributed by atoms with Gasteiger partial charge in [0.05, 0.1) is 26.3 Å². The van der Waals surface area contributed by atoms with Crippen LogP contribution in [0, 0.1) is 0 Å². The standard InChI is InChI=1S/C20H19ClN2O4/c1-25-14-6-7-15(18(10-14)26-2)20(24)23(13-4-5-13)11-19-22-16-9-12(21)3-8-17(16)27-19/h3,6-10,13H,4-5,11H2,1-2H3. The van der Waals surface area contributed by atoms with Crippen molar-refractivity contribution in [3.05, 3.63) is 52.9 Å². The molecule has 0 spiro atoms. The maximum Gasteiger partial charge on any atom is 0.258 e. The first-order chi connectivity index (χ1) is 13.1. The molecule has 0 bridgehead atoms. The molecule has 1 aromatic heterocycles. The number of aromatic nitrogens is 1. The Hall–Kier alpha value is -2.73. The van der Waals surface area contributed by atoms with Gasteiger partial charge in [-0.15, -0.1) is 0 Å². The molecule has 27 heavy (non-hydrogen) atoms. The lowest BCUT2D eigenvalue weighted by molar-refractivity contribution is 0.0711. The SMILES string of the molecule is COc1ccc(C(=O)N(Cc2nc3cc(Cl)ccc3o2)C2CC2)c(OC)c1. The van der Waals surface area contributed by atoms with Crippen molar-refractivity contribution < 1.29 is 18.7 Å². The average molecular weight is 387 g/mol. The summed E-state index contributed by atoms with van der Waals surface area (Å²) in [6.45, 7) is 0.297. The molecule has 0 atom stereocenters. The van der Waals surface area contributed by atoms with E-state index in [0.717, 1.165) is 12.8 Å².